The third-order valence-corrected chi connectivity index (χ3v) is 5.13. The molecule has 2 amide bonds. The Morgan fingerprint density at radius 1 is 1.23 bits per heavy atom. The molecular weight excluding hydrogens is 348 g/mol. The molecule has 0 fully saturated rings. The first kappa shape index (κ1) is 18.1. The van der Waals surface area contributed by atoms with E-state index in [1.807, 2.05) is 41.8 Å². The van der Waals surface area contributed by atoms with Gasteiger partial charge in [-0.2, -0.15) is 0 Å². The van der Waals surface area contributed by atoms with Crippen molar-refractivity contribution in [1.82, 2.24) is 20.2 Å². The van der Waals surface area contributed by atoms with Crippen molar-refractivity contribution < 1.29 is 9.59 Å². The van der Waals surface area contributed by atoms with Crippen LogP contribution in [0.5, 0.6) is 0 Å². The highest BCUT2D eigenvalue weighted by Crippen LogP contribution is 2.22. The normalized spacial score (nSPS) is 12.1. The molecule has 2 N–H and O–H groups in total. The third-order valence-electron chi connectivity index (χ3n) is 4.15. The Morgan fingerprint density at radius 3 is 2.73 bits per heavy atom. The minimum Gasteiger partial charge on any atom is -0.349 e. The molecule has 1 aromatic carbocycles. The fourth-order valence-electron chi connectivity index (χ4n) is 3.01. The summed E-state index contributed by atoms with van der Waals surface area (Å²) in [5.41, 5.74) is 1.99. The number of carbonyl (C=O) groups is 2. The molecule has 0 bridgehead atoms. The first-order valence-electron chi connectivity index (χ1n) is 8.59. The molecule has 2 aromatic heterocycles. The highest BCUT2D eigenvalue weighted by Gasteiger charge is 2.18. The zero-order valence-corrected chi connectivity index (χ0v) is 15.7. The summed E-state index contributed by atoms with van der Waals surface area (Å²) in [5, 5.41) is 7.71. The van der Waals surface area contributed by atoms with Crippen molar-refractivity contribution in [3.63, 3.8) is 0 Å². The number of para-hydroxylation sites is 2. The number of hydrogen-bond acceptors (Lipinski definition) is 4. The Hall–Kier alpha value is -2.67. The summed E-state index contributed by atoms with van der Waals surface area (Å²) >= 11 is 1.53. The van der Waals surface area contributed by atoms with Crippen molar-refractivity contribution in [3.05, 3.63) is 52.5 Å². The first-order valence-corrected chi connectivity index (χ1v) is 9.47. The van der Waals surface area contributed by atoms with Crippen LogP contribution in [0.4, 0.5) is 0 Å². The van der Waals surface area contributed by atoms with Gasteiger partial charge < -0.3 is 15.2 Å². The molecule has 6 nitrogen and oxygen atoms in total. The van der Waals surface area contributed by atoms with Crippen molar-refractivity contribution in [2.45, 2.75) is 39.4 Å². The third kappa shape index (κ3) is 4.11. The van der Waals surface area contributed by atoms with E-state index in [1.54, 1.807) is 0 Å². The molecule has 1 unspecified atom stereocenters. The van der Waals surface area contributed by atoms with E-state index in [1.165, 1.54) is 18.3 Å². The molecule has 136 valence electrons. The second-order valence-electron chi connectivity index (χ2n) is 6.01. The van der Waals surface area contributed by atoms with Crippen LogP contribution in [0, 0.1) is 0 Å². The Morgan fingerprint density at radius 2 is 2.04 bits per heavy atom. The number of benzene rings is 1. The van der Waals surface area contributed by atoms with Crippen LogP contribution in [-0.4, -0.2) is 21.4 Å². The molecular formula is C19H22N4O2S. The lowest BCUT2D eigenvalue weighted by molar-refractivity contribution is -0.122. The van der Waals surface area contributed by atoms with Gasteiger partial charge in [0.15, 0.2) is 0 Å². The summed E-state index contributed by atoms with van der Waals surface area (Å²) in [6.45, 7) is 4.67. The summed E-state index contributed by atoms with van der Waals surface area (Å²) in [5.74, 6) is 0.560. The van der Waals surface area contributed by atoms with E-state index in [0.29, 0.717) is 6.54 Å². The minimum atomic E-state index is -0.308. The van der Waals surface area contributed by atoms with E-state index in [4.69, 9.17) is 0 Å². The summed E-state index contributed by atoms with van der Waals surface area (Å²) in [7, 11) is 0. The zero-order valence-electron chi connectivity index (χ0n) is 14.9. The largest absolute Gasteiger partial charge is 0.349 e. The van der Waals surface area contributed by atoms with Gasteiger partial charge in [-0.1, -0.05) is 18.2 Å². The minimum absolute atomic E-state index is 0.119. The topological polar surface area (TPSA) is 76.0 Å². The fraction of sp³-hybridized carbons (Fsp3) is 0.316. The van der Waals surface area contributed by atoms with Crippen LogP contribution < -0.4 is 10.6 Å². The molecule has 26 heavy (non-hydrogen) atoms. The van der Waals surface area contributed by atoms with Crippen molar-refractivity contribution in [3.8, 4) is 0 Å². The highest BCUT2D eigenvalue weighted by atomic mass is 32.1. The van der Waals surface area contributed by atoms with Gasteiger partial charge in [0.05, 0.1) is 30.0 Å². The van der Waals surface area contributed by atoms with Gasteiger partial charge >= 0.3 is 0 Å². The lowest BCUT2D eigenvalue weighted by atomic mass is 10.1. The van der Waals surface area contributed by atoms with Gasteiger partial charge in [0.1, 0.15) is 5.82 Å². The maximum atomic E-state index is 12.4. The summed E-state index contributed by atoms with van der Waals surface area (Å²) in [6, 6.07) is 11.5. The molecule has 0 aliphatic rings. The molecule has 3 aromatic rings. The van der Waals surface area contributed by atoms with Gasteiger partial charge in [-0.15, -0.1) is 11.3 Å². The predicted octanol–water partition coefficient (Wildman–Crippen LogP) is 3.00. The number of aryl methyl sites for hydroxylation is 1. The number of thiophene rings is 1. The van der Waals surface area contributed by atoms with Crippen molar-refractivity contribution in [1.29, 1.82) is 0 Å². The highest BCUT2D eigenvalue weighted by molar-refractivity contribution is 7.10. The number of amides is 2. The van der Waals surface area contributed by atoms with E-state index in [-0.39, 0.29) is 24.3 Å². The van der Waals surface area contributed by atoms with Gasteiger partial charge in [0, 0.05) is 18.3 Å². The number of hydrogen-bond donors (Lipinski definition) is 2. The van der Waals surface area contributed by atoms with Crippen molar-refractivity contribution >= 4 is 34.2 Å². The molecule has 0 saturated heterocycles. The maximum absolute atomic E-state index is 12.4. The van der Waals surface area contributed by atoms with Crippen LogP contribution in [0.3, 0.4) is 0 Å². The maximum Gasteiger partial charge on any atom is 0.222 e. The summed E-state index contributed by atoms with van der Waals surface area (Å²) in [4.78, 5) is 29.4. The Bertz CT molecular complexity index is 902. The van der Waals surface area contributed by atoms with Gasteiger partial charge in [0.25, 0.3) is 0 Å². The van der Waals surface area contributed by atoms with Crippen LogP contribution in [0.2, 0.25) is 0 Å². The lowest BCUT2D eigenvalue weighted by Crippen LogP contribution is -2.32. The van der Waals surface area contributed by atoms with Crippen LogP contribution in [0.25, 0.3) is 11.0 Å². The zero-order chi connectivity index (χ0) is 18.5. The molecule has 0 aliphatic carbocycles. The van der Waals surface area contributed by atoms with Crippen LogP contribution in [0.1, 0.15) is 37.0 Å². The second kappa shape index (κ2) is 8.14. The number of carbonyl (C=O) groups excluding carboxylic acids is 2. The number of fused-ring (bicyclic) bond motifs is 1. The SMILES string of the molecule is CCn1c(CNC(=O)CC(NC(C)=O)c2cccs2)nc2ccccc21. The average Bonchev–Trinajstić information content (AvgIpc) is 3.26. The van der Waals surface area contributed by atoms with Crippen LogP contribution in [0.15, 0.2) is 41.8 Å². The summed E-state index contributed by atoms with van der Waals surface area (Å²) in [6.07, 6.45) is 0.201. The predicted molar refractivity (Wildman–Crippen MR) is 103 cm³/mol. The molecule has 0 aliphatic heterocycles. The van der Waals surface area contributed by atoms with Gasteiger partial charge in [-0.25, -0.2) is 4.98 Å². The van der Waals surface area contributed by atoms with E-state index in [2.05, 4.69) is 27.1 Å². The number of nitrogens with zero attached hydrogens (tertiary/aromatic N) is 2. The number of nitrogens with one attached hydrogen (secondary N) is 2. The molecule has 2 heterocycles. The summed E-state index contributed by atoms with van der Waals surface area (Å²) < 4.78 is 2.10. The molecule has 0 radical (unpaired) electrons. The van der Waals surface area contributed by atoms with Gasteiger partial charge in [-0.05, 0) is 30.5 Å². The molecule has 0 spiro atoms. The van der Waals surface area contributed by atoms with E-state index < -0.39 is 0 Å². The first-order chi connectivity index (χ1) is 12.6. The molecule has 7 heteroatoms. The Labute approximate surface area is 156 Å². The number of rotatable bonds is 7. The quantitative estimate of drug-likeness (QED) is 0.671. The van der Waals surface area contributed by atoms with Crippen molar-refractivity contribution in [2.75, 3.05) is 0 Å². The van der Waals surface area contributed by atoms with Gasteiger partial charge in [0.2, 0.25) is 11.8 Å². The Balaban J connectivity index is 1.67. The average molecular weight is 370 g/mol. The van der Waals surface area contributed by atoms with Crippen LogP contribution in [-0.2, 0) is 22.7 Å². The Kier molecular flexibility index (Phi) is 5.68. The second-order valence-corrected chi connectivity index (χ2v) is 6.99. The lowest BCUT2D eigenvalue weighted by Gasteiger charge is -2.16. The monoisotopic (exact) mass is 370 g/mol. The van der Waals surface area contributed by atoms with Crippen LogP contribution >= 0.6 is 11.3 Å². The van der Waals surface area contributed by atoms with E-state index in [0.717, 1.165) is 28.3 Å². The molecule has 0 saturated carbocycles. The van der Waals surface area contributed by atoms with Gasteiger partial charge in [-0.3, -0.25) is 9.59 Å². The fourth-order valence-corrected chi connectivity index (χ4v) is 3.78. The number of imidazole rings is 1. The number of aromatic nitrogens is 2. The molecule has 1 atom stereocenters. The smallest absolute Gasteiger partial charge is 0.222 e. The van der Waals surface area contributed by atoms with E-state index in [9.17, 15) is 9.59 Å². The van der Waals surface area contributed by atoms with E-state index >= 15 is 0 Å². The standard InChI is InChI=1S/C19H22N4O2S/c1-3-23-16-8-5-4-7-14(16)22-18(23)12-20-19(25)11-15(21-13(2)24)17-9-6-10-26-17/h4-10,15H,3,11-12H2,1-2H3,(H,20,25)(H,21,24). The molecule has 3 rings (SSSR count). The van der Waals surface area contributed by atoms with Crippen molar-refractivity contribution in [2.24, 2.45) is 0 Å².